The van der Waals surface area contributed by atoms with Crippen molar-refractivity contribution in [3.05, 3.63) is 54.4 Å². The summed E-state index contributed by atoms with van der Waals surface area (Å²) in [6.07, 6.45) is 1.36. The van der Waals surface area contributed by atoms with Gasteiger partial charge in [0, 0.05) is 12.7 Å². The normalized spacial score (nSPS) is 16.1. The first-order valence-electron chi connectivity index (χ1n) is 9.85. The van der Waals surface area contributed by atoms with Crippen LogP contribution < -0.4 is 14.8 Å². The highest BCUT2D eigenvalue weighted by Crippen LogP contribution is 2.20. The van der Waals surface area contributed by atoms with Gasteiger partial charge in [-0.25, -0.2) is 4.98 Å². The van der Waals surface area contributed by atoms with Crippen molar-refractivity contribution < 1.29 is 19.0 Å². The molecular formula is C22H25N3O4. The van der Waals surface area contributed by atoms with E-state index in [0.717, 1.165) is 41.2 Å². The summed E-state index contributed by atoms with van der Waals surface area (Å²) in [6.45, 7) is 2.09. The van der Waals surface area contributed by atoms with E-state index in [1.165, 1.54) is 0 Å². The molecule has 1 unspecified atom stereocenters. The molecule has 0 saturated carbocycles. The van der Waals surface area contributed by atoms with Gasteiger partial charge in [0.2, 0.25) is 5.91 Å². The Hall–Kier alpha value is -3.06. The van der Waals surface area contributed by atoms with Crippen LogP contribution in [0.25, 0.3) is 11.0 Å². The fraction of sp³-hybridized carbons (Fsp3) is 0.364. The molecular weight excluding hydrogens is 370 g/mol. The minimum Gasteiger partial charge on any atom is -0.497 e. The van der Waals surface area contributed by atoms with Crippen molar-refractivity contribution in [1.29, 1.82) is 0 Å². The van der Waals surface area contributed by atoms with Gasteiger partial charge in [-0.15, -0.1) is 0 Å². The number of hydrogen-bond donors (Lipinski definition) is 1. The van der Waals surface area contributed by atoms with Gasteiger partial charge in [-0.2, -0.15) is 0 Å². The van der Waals surface area contributed by atoms with Crippen LogP contribution in [0.4, 0.5) is 0 Å². The molecule has 1 saturated heterocycles. The van der Waals surface area contributed by atoms with Gasteiger partial charge < -0.3 is 24.1 Å². The predicted molar refractivity (Wildman–Crippen MR) is 109 cm³/mol. The number of carbonyl (C=O) groups excluding carboxylic acids is 1. The first-order valence-corrected chi connectivity index (χ1v) is 9.85. The highest BCUT2D eigenvalue weighted by atomic mass is 16.5. The number of imidazole rings is 1. The quantitative estimate of drug-likeness (QED) is 0.635. The SMILES string of the molecule is COc1cccc(OCCn2c(CNC(=O)C3CCCO3)nc3ccccc32)c1. The Labute approximate surface area is 169 Å². The van der Waals surface area contributed by atoms with E-state index in [-0.39, 0.29) is 12.0 Å². The van der Waals surface area contributed by atoms with Crippen LogP contribution in [-0.2, 0) is 22.6 Å². The molecule has 1 N–H and O–H groups in total. The standard InChI is InChI=1S/C22H25N3O4/c1-27-16-6-4-7-17(14-16)28-13-11-25-19-9-3-2-8-18(19)24-21(25)15-23-22(26)20-10-5-12-29-20/h2-4,6-9,14,20H,5,10-13,15H2,1H3,(H,23,26). The van der Waals surface area contributed by atoms with E-state index in [4.69, 9.17) is 19.2 Å². The van der Waals surface area contributed by atoms with Crippen molar-refractivity contribution in [1.82, 2.24) is 14.9 Å². The Morgan fingerprint density at radius 1 is 1.24 bits per heavy atom. The Morgan fingerprint density at radius 3 is 2.93 bits per heavy atom. The highest BCUT2D eigenvalue weighted by Gasteiger charge is 2.23. The average Bonchev–Trinajstić information content (AvgIpc) is 3.41. The van der Waals surface area contributed by atoms with Crippen LogP contribution >= 0.6 is 0 Å². The van der Waals surface area contributed by atoms with Crippen molar-refractivity contribution in [2.75, 3.05) is 20.3 Å². The number of nitrogens with zero attached hydrogens (tertiary/aromatic N) is 2. The van der Waals surface area contributed by atoms with E-state index in [2.05, 4.69) is 9.88 Å². The van der Waals surface area contributed by atoms with Gasteiger partial charge >= 0.3 is 0 Å². The Kier molecular flexibility index (Phi) is 5.95. The number of methoxy groups -OCH3 is 1. The molecule has 3 aromatic rings. The van der Waals surface area contributed by atoms with E-state index in [1.54, 1.807) is 7.11 Å². The fourth-order valence-electron chi connectivity index (χ4n) is 3.52. The molecule has 1 aromatic heterocycles. The summed E-state index contributed by atoms with van der Waals surface area (Å²) < 4.78 is 18.7. The van der Waals surface area contributed by atoms with Gasteiger partial charge in [-0.1, -0.05) is 18.2 Å². The number of amides is 1. The number of benzene rings is 2. The third-order valence-electron chi connectivity index (χ3n) is 5.00. The van der Waals surface area contributed by atoms with Crippen LogP contribution in [0.15, 0.2) is 48.5 Å². The zero-order valence-corrected chi connectivity index (χ0v) is 16.5. The van der Waals surface area contributed by atoms with Gasteiger partial charge in [0.1, 0.15) is 30.0 Å². The second kappa shape index (κ2) is 8.96. The average molecular weight is 395 g/mol. The topological polar surface area (TPSA) is 74.6 Å². The lowest BCUT2D eigenvalue weighted by molar-refractivity contribution is -0.130. The zero-order valence-electron chi connectivity index (χ0n) is 16.5. The van der Waals surface area contributed by atoms with Gasteiger partial charge in [0.25, 0.3) is 0 Å². The lowest BCUT2D eigenvalue weighted by atomic mass is 10.2. The molecule has 1 atom stereocenters. The lowest BCUT2D eigenvalue weighted by Crippen LogP contribution is -2.34. The molecule has 2 aromatic carbocycles. The molecule has 29 heavy (non-hydrogen) atoms. The molecule has 1 fully saturated rings. The number of nitrogens with one attached hydrogen (secondary N) is 1. The molecule has 7 nitrogen and oxygen atoms in total. The third-order valence-corrected chi connectivity index (χ3v) is 5.00. The van der Waals surface area contributed by atoms with Crippen LogP contribution in [0.2, 0.25) is 0 Å². The first-order chi connectivity index (χ1) is 14.2. The Morgan fingerprint density at radius 2 is 2.10 bits per heavy atom. The maximum Gasteiger partial charge on any atom is 0.249 e. The van der Waals surface area contributed by atoms with Gasteiger partial charge in [-0.3, -0.25) is 4.79 Å². The zero-order chi connectivity index (χ0) is 20.1. The Bertz CT molecular complexity index is 979. The molecule has 0 bridgehead atoms. The predicted octanol–water partition coefficient (Wildman–Crippen LogP) is 2.92. The van der Waals surface area contributed by atoms with Gasteiger partial charge in [0.05, 0.1) is 31.2 Å². The van der Waals surface area contributed by atoms with Crippen LogP contribution in [0.1, 0.15) is 18.7 Å². The molecule has 1 aliphatic heterocycles. The number of carbonyl (C=O) groups is 1. The Balaban J connectivity index is 1.45. The molecule has 0 radical (unpaired) electrons. The number of ether oxygens (including phenoxy) is 3. The molecule has 0 aliphatic carbocycles. The number of rotatable bonds is 8. The maximum atomic E-state index is 12.3. The summed E-state index contributed by atoms with van der Waals surface area (Å²) in [5.41, 5.74) is 1.92. The molecule has 1 amide bonds. The highest BCUT2D eigenvalue weighted by molar-refractivity contribution is 5.81. The number of hydrogen-bond acceptors (Lipinski definition) is 5. The van der Waals surface area contributed by atoms with Gasteiger partial charge in [-0.05, 0) is 37.1 Å². The van der Waals surface area contributed by atoms with E-state index in [1.807, 2.05) is 48.5 Å². The lowest BCUT2D eigenvalue weighted by Gasteiger charge is -2.13. The second-order valence-corrected chi connectivity index (χ2v) is 6.92. The fourth-order valence-corrected chi connectivity index (χ4v) is 3.52. The van der Waals surface area contributed by atoms with Crippen molar-refractivity contribution in [2.24, 2.45) is 0 Å². The summed E-state index contributed by atoms with van der Waals surface area (Å²) in [7, 11) is 1.63. The van der Waals surface area contributed by atoms with Gasteiger partial charge in [0.15, 0.2) is 0 Å². The maximum absolute atomic E-state index is 12.3. The monoisotopic (exact) mass is 395 g/mol. The van der Waals surface area contributed by atoms with E-state index >= 15 is 0 Å². The molecule has 4 rings (SSSR count). The smallest absolute Gasteiger partial charge is 0.249 e. The number of para-hydroxylation sites is 2. The summed E-state index contributed by atoms with van der Waals surface area (Å²) in [5.74, 6) is 2.23. The van der Waals surface area contributed by atoms with Crippen molar-refractivity contribution >= 4 is 16.9 Å². The molecule has 152 valence electrons. The summed E-state index contributed by atoms with van der Waals surface area (Å²) >= 11 is 0. The first kappa shape index (κ1) is 19.3. The molecule has 2 heterocycles. The minimum absolute atomic E-state index is 0.0752. The van der Waals surface area contributed by atoms with E-state index in [0.29, 0.717) is 26.3 Å². The van der Waals surface area contributed by atoms with E-state index in [9.17, 15) is 4.79 Å². The van der Waals surface area contributed by atoms with E-state index < -0.39 is 0 Å². The molecule has 7 heteroatoms. The van der Waals surface area contributed by atoms with Crippen LogP contribution in [0.3, 0.4) is 0 Å². The van der Waals surface area contributed by atoms with Crippen molar-refractivity contribution in [2.45, 2.75) is 32.0 Å². The summed E-state index contributed by atoms with van der Waals surface area (Å²) in [5, 5.41) is 2.96. The summed E-state index contributed by atoms with van der Waals surface area (Å²) in [6, 6.07) is 15.5. The molecule has 1 aliphatic rings. The van der Waals surface area contributed by atoms with Crippen LogP contribution in [-0.4, -0.2) is 41.9 Å². The minimum atomic E-state index is -0.343. The number of fused-ring (bicyclic) bond motifs is 1. The molecule has 0 spiro atoms. The largest absolute Gasteiger partial charge is 0.497 e. The second-order valence-electron chi connectivity index (χ2n) is 6.92. The van der Waals surface area contributed by atoms with Crippen molar-refractivity contribution in [3.63, 3.8) is 0 Å². The van der Waals surface area contributed by atoms with Crippen molar-refractivity contribution in [3.8, 4) is 11.5 Å². The third kappa shape index (κ3) is 4.51. The number of aromatic nitrogens is 2. The van der Waals surface area contributed by atoms with Crippen LogP contribution in [0.5, 0.6) is 11.5 Å². The van der Waals surface area contributed by atoms with Crippen LogP contribution in [0, 0.1) is 0 Å². The summed E-state index contributed by atoms with van der Waals surface area (Å²) in [4.78, 5) is 17.0.